The van der Waals surface area contributed by atoms with Crippen LogP contribution in [-0.4, -0.2) is 34.1 Å². The minimum Gasteiger partial charge on any atom is -0.487 e. The molecule has 0 aliphatic carbocycles. The summed E-state index contributed by atoms with van der Waals surface area (Å²) in [6.45, 7) is 7.42. The fourth-order valence-corrected chi connectivity index (χ4v) is 3.64. The van der Waals surface area contributed by atoms with Crippen LogP contribution >= 0.6 is 11.3 Å². The van der Waals surface area contributed by atoms with Gasteiger partial charge in [-0.1, -0.05) is 0 Å². The molecular weight excluding hydrogens is 334 g/mol. The van der Waals surface area contributed by atoms with Crippen molar-refractivity contribution < 1.29 is 4.74 Å². The second-order valence-electron chi connectivity index (χ2n) is 5.99. The number of aromatic nitrogens is 3. The minimum atomic E-state index is -0.0211. The number of aryl methyl sites for hydroxylation is 2. The number of nitrogens with one attached hydrogen (secondary N) is 1. The molecule has 3 N–H and O–H groups in total. The summed E-state index contributed by atoms with van der Waals surface area (Å²) in [7, 11) is 0. The Kier molecular flexibility index (Phi) is 5.45. The van der Waals surface area contributed by atoms with Crippen molar-refractivity contribution >= 4 is 27.4 Å². The van der Waals surface area contributed by atoms with E-state index in [1.807, 2.05) is 19.1 Å². The molecule has 132 valence electrons. The molecule has 0 aliphatic rings. The number of pyridine rings is 1. The maximum Gasteiger partial charge on any atom is 0.138 e. The third kappa shape index (κ3) is 4.05. The topological polar surface area (TPSA) is 86.0 Å². The highest BCUT2D eigenvalue weighted by Crippen LogP contribution is 2.33. The summed E-state index contributed by atoms with van der Waals surface area (Å²) < 4.78 is 5.88. The highest BCUT2D eigenvalue weighted by atomic mass is 32.1. The van der Waals surface area contributed by atoms with Gasteiger partial charge in [0.1, 0.15) is 28.3 Å². The highest BCUT2D eigenvalue weighted by Gasteiger charge is 2.15. The van der Waals surface area contributed by atoms with Gasteiger partial charge >= 0.3 is 0 Å². The molecule has 1 atom stereocenters. The third-order valence-electron chi connectivity index (χ3n) is 3.97. The molecule has 0 saturated heterocycles. The summed E-state index contributed by atoms with van der Waals surface area (Å²) in [5.74, 6) is 2.40. The van der Waals surface area contributed by atoms with Crippen LogP contribution in [0.25, 0.3) is 10.2 Å². The molecule has 3 heterocycles. The summed E-state index contributed by atoms with van der Waals surface area (Å²) >= 11 is 1.70. The lowest BCUT2D eigenvalue weighted by atomic mass is 10.2. The Morgan fingerprint density at radius 1 is 1.32 bits per heavy atom. The van der Waals surface area contributed by atoms with Crippen molar-refractivity contribution in [2.24, 2.45) is 5.73 Å². The predicted molar refractivity (Wildman–Crippen MR) is 102 cm³/mol. The monoisotopic (exact) mass is 357 g/mol. The zero-order valence-electron chi connectivity index (χ0n) is 14.7. The average molecular weight is 357 g/mol. The smallest absolute Gasteiger partial charge is 0.138 e. The fraction of sp³-hybridized carbons (Fsp3) is 0.389. The van der Waals surface area contributed by atoms with Gasteiger partial charge in [-0.05, 0) is 45.0 Å². The second-order valence-corrected chi connectivity index (χ2v) is 7.19. The van der Waals surface area contributed by atoms with Crippen molar-refractivity contribution in [1.82, 2.24) is 15.0 Å². The Bertz CT molecular complexity index is 850. The summed E-state index contributed by atoms with van der Waals surface area (Å²) in [4.78, 5) is 15.7. The Morgan fingerprint density at radius 2 is 2.16 bits per heavy atom. The van der Waals surface area contributed by atoms with Gasteiger partial charge in [-0.2, -0.15) is 0 Å². The van der Waals surface area contributed by atoms with Crippen LogP contribution < -0.4 is 15.8 Å². The van der Waals surface area contributed by atoms with Crippen LogP contribution in [0.5, 0.6) is 5.75 Å². The molecule has 6 nitrogen and oxygen atoms in total. The molecular formula is C18H23N5OS. The molecule has 0 bridgehead atoms. The molecule has 0 aliphatic heterocycles. The lowest BCUT2D eigenvalue weighted by Gasteiger charge is -2.16. The predicted octanol–water partition coefficient (Wildman–Crippen LogP) is 3.08. The van der Waals surface area contributed by atoms with Gasteiger partial charge in [0.15, 0.2) is 0 Å². The van der Waals surface area contributed by atoms with E-state index in [9.17, 15) is 0 Å². The van der Waals surface area contributed by atoms with E-state index in [0.717, 1.165) is 27.6 Å². The first-order chi connectivity index (χ1) is 12.1. The summed E-state index contributed by atoms with van der Waals surface area (Å²) in [6.07, 6.45) is 4.09. The molecule has 0 saturated carbocycles. The number of ether oxygens (including phenoxy) is 1. The first-order valence-corrected chi connectivity index (χ1v) is 9.17. The maximum absolute atomic E-state index is 5.88. The van der Waals surface area contributed by atoms with Gasteiger partial charge in [-0.3, -0.25) is 4.98 Å². The highest BCUT2D eigenvalue weighted by molar-refractivity contribution is 7.18. The number of nitrogens with two attached hydrogens (primary N) is 1. The number of hydrogen-bond acceptors (Lipinski definition) is 7. The van der Waals surface area contributed by atoms with Crippen LogP contribution in [0.15, 0.2) is 24.5 Å². The Balaban J connectivity index is 1.79. The molecule has 0 aromatic carbocycles. The van der Waals surface area contributed by atoms with E-state index in [4.69, 9.17) is 10.5 Å². The van der Waals surface area contributed by atoms with Crippen LogP contribution in [0, 0.1) is 13.8 Å². The summed E-state index contributed by atoms with van der Waals surface area (Å²) in [5.41, 5.74) is 6.90. The lowest BCUT2D eigenvalue weighted by Crippen LogP contribution is -2.23. The van der Waals surface area contributed by atoms with Crippen molar-refractivity contribution in [2.45, 2.75) is 33.3 Å². The van der Waals surface area contributed by atoms with Gasteiger partial charge in [-0.25, -0.2) is 9.97 Å². The Hall–Kier alpha value is -2.25. The molecule has 3 rings (SSSR count). The van der Waals surface area contributed by atoms with Crippen LogP contribution in [0.4, 0.5) is 5.82 Å². The van der Waals surface area contributed by atoms with Crippen LogP contribution in [0.2, 0.25) is 0 Å². The van der Waals surface area contributed by atoms with Gasteiger partial charge in [0.25, 0.3) is 0 Å². The van der Waals surface area contributed by atoms with Gasteiger partial charge in [0.2, 0.25) is 0 Å². The average Bonchev–Trinajstić information content (AvgIpc) is 2.88. The van der Waals surface area contributed by atoms with Crippen molar-refractivity contribution in [3.63, 3.8) is 0 Å². The molecule has 7 heteroatoms. The summed E-state index contributed by atoms with van der Waals surface area (Å²) in [5, 5.41) is 4.52. The van der Waals surface area contributed by atoms with Crippen LogP contribution in [-0.2, 0) is 6.42 Å². The molecule has 3 aromatic heterocycles. The van der Waals surface area contributed by atoms with Crippen molar-refractivity contribution in [1.29, 1.82) is 0 Å². The molecule has 25 heavy (non-hydrogen) atoms. The Labute approximate surface area is 151 Å². The number of fused-ring (bicyclic) bond motifs is 1. The molecule has 3 aromatic rings. The zero-order chi connectivity index (χ0) is 17.8. The maximum atomic E-state index is 5.88. The van der Waals surface area contributed by atoms with Crippen LogP contribution in [0.1, 0.15) is 23.2 Å². The molecule has 0 unspecified atom stereocenters. The van der Waals surface area contributed by atoms with Crippen LogP contribution in [0.3, 0.4) is 0 Å². The lowest BCUT2D eigenvalue weighted by molar-refractivity contribution is 0.234. The van der Waals surface area contributed by atoms with E-state index in [0.29, 0.717) is 19.5 Å². The number of anilines is 1. The second kappa shape index (κ2) is 7.76. The molecule has 0 amide bonds. The fourth-order valence-electron chi connectivity index (χ4n) is 2.59. The minimum absolute atomic E-state index is 0.0211. The van der Waals surface area contributed by atoms with E-state index >= 15 is 0 Å². The van der Waals surface area contributed by atoms with Crippen molar-refractivity contribution in [3.8, 4) is 5.75 Å². The van der Waals surface area contributed by atoms with E-state index < -0.39 is 0 Å². The largest absolute Gasteiger partial charge is 0.487 e. The van der Waals surface area contributed by atoms with Gasteiger partial charge < -0.3 is 15.8 Å². The van der Waals surface area contributed by atoms with E-state index in [1.165, 1.54) is 10.4 Å². The standard InChI is InChI=1S/C18H23N5OS/c1-11(24-14-5-4-8-20-10-14)9-21-17-16-12(2)13(3)25-18(16)23-15(22-17)6-7-19/h4-5,8,10-11H,6-7,9,19H2,1-3H3,(H,21,22,23)/t11-/m0/s1. The first-order valence-electron chi connectivity index (χ1n) is 8.35. The molecule has 0 spiro atoms. The van der Waals surface area contributed by atoms with Gasteiger partial charge in [0, 0.05) is 17.5 Å². The van der Waals surface area contributed by atoms with Gasteiger partial charge in [-0.15, -0.1) is 11.3 Å². The first kappa shape index (κ1) is 17.6. The summed E-state index contributed by atoms with van der Waals surface area (Å²) in [6, 6.07) is 3.76. The van der Waals surface area contributed by atoms with E-state index in [1.54, 1.807) is 23.7 Å². The van der Waals surface area contributed by atoms with E-state index in [-0.39, 0.29) is 6.10 Å². The number of rotatable bonds is 7. The number of hydrogen-bond donors (Lipinski definition) is 2. The van der Waals surface area contributed by atoms with Crippen molar-refractivity contribution in [3.05, 3.63) is 40.8 Å². The quantitative estimate of drug-likeness (QED) is 0.676. The Morgan fingerprint density at radius 3 is 2.88 bits per heavy atom. The molecule has 0 fully saturated rings. The number of thiophene rings is 1. The van der Waals surface area contributed by atoms with Crippen molar-refractivity contribution in [2.75, 3.05) is 18.4 Å². The van der Waals surface area contributed by atoms with Gasteiger partial charge in [0.05, 0.1) is 18.1 Å². The van der Waals surface area contributed by atoms with E-state index in [2.05, 4.69) is 34.1 Å². The third-order valence-corrected chi connectivity index (χ3v) is 5.07. The normalized spacial score (nSPS) is 12.3. The number of nitrogens with zero attached hydrogens (tertiary/aromatic N) is 3. The zero-order valence-corrected chi connectivity index (χ0v) is 15.6. The SMILES string of the molecule is Cc1sc2nc(CCN)nc(NC[C@H](C)Oc3cccnc3)c2c1C. The molecule has 0 radical (unpaired) electrons.